The van der Waals surface area contributed by atoms with Crippen molar-refractivity contribution in [2.24, 2.45) is 0 Å². The summed E-state index contributed by atoms with van der Waals surface area (Å²) >= 11 is 0. The first-order valence-corrected chi connectivity index (χ1v) is 6.07. The molecule has 100 valence electrons. The van der Waals surface area contributed by atoms with Crippen LogP contribution in [0.15, 0.2) is 30.9 Å². The van der Waals surface area contributed by atoms with E-state index in [1.807, 2.05) is 19.1 Å². The van der Waals surface area contributed by atoms with E-state index in [1.54, 1.807) is 24.1 Å². The number of aryl methyl sites for hydroxylation is 1. The second-order valence-corrected chi connectivity index (χ2v) is 4.75. The number of hydrogen-bond acceptors (Lipinski definition) is 4. The number of likely N-dealkylation sites (N-methyl/N-ethyl adjacent to an activating group) is 1. The number of nitrogens with zero attached hydrogens (tertiary/aromatic N) is 1. The number of methoxy groups -OCH3 is 1. The highest BCUT2D eigenvalue weighted by atomic mass is 16.5. The molecule has 1 unspecified atom stereocenters. The van der Waals surface area contributed by atoms with Gasteiger partial charge < -0.3 is 9.64 Å². The second-order valence-electron chi connectivity index (χ2n) is 4.75. The van der Waals surface area contributed by atoms with Gasteiger partial charge in [0.25, 0.3) is 0 Å². The zero-order valence-electron chi connectivity index (χ0n) is 11.4. The van der Waals surface area contributed by atoms with Gasteiger partial charge in [-0.3, -0.25) is 4.79 Å². The minimum atomic E-state index is -1.31. The van der Waals surface area contributed by atoms with E-state index >= 15 is 0 Å². The Morgan fingerprint density at radius 3 is 2.79 bits per heavy atom. The lowest BCUT2D eigenvalue weighted by Crippen LogP contribution is -2.55. The van der Waals surface area contributed by atoms with Gasteiger partial charge in [0, 0.05) is 24.7 Å². The van der Waals surface area contributed by atoms with E-state index in [0.29, 0.717) is 5.56 Å². The van der Waals surface area contributed by atoms with Gasteiger partial charge in [-0.05, 0) is 24.6 Å². The Labute approximate surface area is 112 Å². The number of hydrogen-bond donors (Lipinski definition) is 0. The number of fused-ring (bicyclic) bond motifs is 1. The number of anilines is 1. The molecule has 0 aromatic heterocycles. The minimum absolute atomic E-state index is 0.225. The Kier molecular flexibility index (Phi) is 3.18. The lowest BCUT2D eigenvalue weighted by Gasteiger charge is -2.32. The van der Waals surface area contributed by atoms with Gasteiger partial charge >= 0.3 is 5.97 Å². The van der Waals surface area contributed by atoms with Crippen LogP contribution in [-0.4, -0.2) is 31.4 Å². The lowest BCUT2D eigenvalue weighted by atomic mass is 9.89. The summed E-state index contributed by atoms with van der Waals surface area (Å²) in [5, 5.41) is 0. The molecule has 0 spiro atoms. The third-order valence-electron chi connectivity index (χ3n) is 3.67. The summed E-state index contributed by atoms with van der Waals surface area (Å²) in [6.07, 6.45) is 1.80. The van der Waals surface area contributed by atoms with Crippen LogP contribution >= 0.6 is 0 Å². The Morgan fingerprint density at radius 1 is 1.53 bits per heavy atom. The van der Waals surface area contributed by atoms with Gasteiger partial charge in [0.15, 0.2) is 0 Å². The standard InChI is InChI=1S/C15H17NO3/c1-5-8-15(14(18)19-4)13(17)11-7-6-10(2)9-12(11)16(15)3/h5-7,9H,1,8H2,2-4H3. The van der Waals surface area contributed by atoms with Crippen LogP contribution in [0.1, 0.15) is 22.3 Å². The zero-order valence-corrected chi connectivity index (χ0v) is 11.4. The fourth-order valence-electron chi connectivity index (χ4n) is 2.61. The highest BCUT2D eigenvalue weighted by Crippen LogP contribution is 2.41. The number of carbonyl (C=O) groups is 2. The molecule has 0 bridgehead atoms. The van der Waals surface area contributed by atoms with Gasteiger partial charge in [0.05, 0.1) is 7.11 Å². The fourth-order valence-corrected chi connectivity index (χ4v) is 2.61. The molecule has 0 saturated carbocycles. The van der Waals surface area contributed by atoms with Gasteiger partial charge in [-0.25, -0.2) is 4.79 Å². The predicted octanol–water partition coefficient (Wildman–Crippen LogP) is 2.12. The molecule has 0 fully saturated rings. The molecule has 4 nitrogen and oxygen atoms in total. The number of ketones is 1. The maximum absolute atomic E-state index is 12.6. The van der Waals surface area contributed by atoms with Gasteiger partial charge in [0.1, 0.15) is 0 Å². The van der Waals surface area contributed by atoms with Crippen molar-refractivity contribution in [2.75, 3.05) is 19.1 Å². The lowest BCUT2D eigenvalue weighted by molar-refractivity contribution is -0.144. The highest BCUT2D eigenvalue weighted by molar-refractivity contribution is 6.25. The molecule has 1 aliphatic heterocycles. The van der Waals surface area contributed by atoms with Crippen molar-refractivity contribution in [1.82, 2.24) is 0 Å². The van der Waals surface area contributed by atoms with Gasteiger partial charge in [-0.1, -0.05) is 12.1 Å². The molecule has 0 aliphatic carbocycles. The number of Topliss-reactive ketones (excluding diaryl/α,β-unsaturated/α-hetero) is 1. The molecule has 0 radical (unpaired) electrons. The molecule has 1 atom stereocenters. The first-order chi connectivity index (χ1) is 8.98. The van der Waals surface area contributed by atoms with Crippen LogP contribution < -0.4 is 4.90 Å². The van der Waals surface area contributed by atoms with Crippen molar-refractivity contribution in [3.05, 3.63) is 42.0 Å². The number of ether oxygens (including phenoxy) is 1. The van der Waals surface area contributed by atoms with Crippen molar-refractivity contribution in [3.8, 4) is 0 Å². The topological polar surface area (TPSA) is 46.6 Å². The highest BCUT2D eigenvalue weighted by Gasteiger charge is 2.55. The van der Waals surface area contributed by atoms with Crippen molar-refractivity contribution in [2.45, 2.75) is 18.9 Å². The van der Waals surface area contributed by atoms with Gasteiger partial charge in [0.2, 0.25) is 11.3 Å². The summed E-state index contributed by atoms with van der Waals surface area (Å²) in [7, 11) is 3.03. The maximum Gasteiger partial charge on any atom is 0.340 e. The van der Waals surface area contributed by atoms with Crippen LogP contribution in [0.2, 0.25) is 0 Å². The van der Waals surface area contributed by atoms with E-state index in [0.717, 1.165) is 11.3 Å². The summed E-state index contributed by atoms with van der Waals surface area (Å²) in [6.45, 7) is 5.60. The number of carbonyl (C=O) groups excluding carboxylic acids is 2. The van der Waals surface area contributed by atoms with Crippen molar-refractivity contribution >= 4 is 17.4 Å². The Morgan fingerprint density at radius 2 is 2.21 bits per heavy atom. The van der Waals surface area contributed by atoms with Crippen molar-refractivity contribution in [3.63, 3.8) is 0 Å². The predicted molar refractivity (Wildman–Crippen MR) is 73.5 cm³/mol. The molecule has 1 aliphatic rings. The van der Waals surface area contributed by atoms with Gasteiger partial charge in [-0.15, -0.1) is 6.58 Å². The SMILES string of the molecule is C=CCC1(C(=O)OC)C(=O)c2ccc(C)cc2N1C. The molecule has 4 heteroatoms. The van der Waals surface area contributed by atoms with Crippen LogP contribution in [-0.2, 0) is 9.53 Å². The molecule has 0 N–H and O–H groups in total. The average molecular weight is 259 g/mol. The average Bonchev–Trinajstić information content (AvgIpc) is 2.61. The Balaban J connectivity index is 2.64. The third-order valence-corrected chi connectivity index (χ3v) is 3.67. The van der Waals surface area contributed by atoms with Crippen LogP contribution in [0.25, 0.3) is 0 Å². The van der Waals surface area contributed by atoms with Gasteiger partial charge in [-0.2, -0.15) is 0 Å². The van der Waals surface area contributed by atoms with Crippen molar-refractivity contribution in [1.29, 1.82) is 0 Å². The summed E-state index contributed by atoms with van der Waals surface area (Å²) in [5.41, 5.74) is 1.04. The molecule has 0 saturated heterocycles. The van der Waals surface area contributed by atoms with Crippen LogP contribution in [0.5, 0.6) is 0 Å². The molecule has 1 aromatic rings. The van der Waals surface area contributed by atoms with E-state index in [9.17, 15) is 9.59 Å². The molecule has 2 rings (SSSR count). The van der Waals surface area contributed by atoms with E-state index in [-0.39, 0.29) is 12.2 Å². The van der Waals surface area contributed by atoms with E-state index in [2.05, 4.69) is 6.58 Å². The first kappa shape index (κ1) is 13.3. The molecule has 1 heterocycles. The Bertz CT molecular complexity index is 565. The molecular formula is C15H17NO3. The number of rotatable bonds is 3. The molecule has 19 heavy (non-hydrogen) atoms. The monoisotopic (exact) mass is 259 g/mol. The normalized spacial score (nSPS) is 21.2. The van der Waals surface area contributed by atoms with E-state index in [1.165, 1.54) is 7.11 Å². The minimum Gasteiger partial charge on any atom is -0.467 e. The smallest absolute Gasteiger partial charge is 0.340 e. The van der Waals surface area contributed by atoms with E-state index < -0.39 is 11.5 Å². The van der Waals surface area contributed by atoms with E-state index in [4.69, 9.17) is 4.74 Å². The summed E-state index contributed by atoms with van der Waals surface area (Å²) in [6, 6.07) is 5.53. The molecule has 1 aromatic carbocycles. The van der Waals surface area contributed by atoms with Crippen LogP contribution in [0.4, 0.5) is 5.69 Å². The summed E-state index contributed by atoms with van der Waals surface area (Å²) in [5.74, 6) is -0.773. The van der Waals surface area contributed by atoms with Crippen molar-refractivity contribution < 1.29 is 14.3 Å². The quantitative estimate of drug-likeness (QED) is 0.474. The summed E-state index contributed by atoms with van der Waals surface area (Å²) in [4.78, 5) is 26.5. The first-order valence-electron chi connectivity index (χ1n) is 6.07. The summed E-state index contributed by atoms with van der Waals surface area (Å²) < 4.78 is 4.84. The van der Waals surface area contributed by atoms with Crippen LogP contribution in [0, 0.1) is 6.92 Å². The number of esters is 1. The second kappa shape index (κ2) is 4.53. The molecule has 0 amide bonds. The largest absolute Gasteiger partial charge is 0.467 e. The fraction of sp³-hybridized carbons (Fsp3) is 0.333. The maximum atomic E-state index is 12.6. The molecular weight excluding hydrogens is 242 g/mol. The number of benzene rings is 1. The zero-order chi connectivity index (χ0) is 14.2. The Hall–Kier alpha value is -2.10. The van der Waals surface area contributed by atoms with Crippen LogP contribution in [0.3, 0.4) is 0 Å². The third kappa shape index (κ3) is 1.67.